The van der Waals surface area contributed by atoms with Gasteiger partial charge in [0.25, 0.3) is 0 Å². The Balaban J connectivity index is 1.95. The van der Waals surface area contributed by atoms with Gasteiger partial charge in [0.1, 0.15) is 6.61 Å². The van der Waals surface area contributed by atoms with Crippen molar-refractivity contribution in [2.24, 2.45) is 0 Å². The maximum atomic E-state index is 13.0. The molecular formula is C26H24ClN3O5S. The van der Waals surface area contributed by atoms with E-state index in [1.165, 1.54) is 19.3 Å². The summed E-state index contributed by atoms with van der Waals surface area (Å²) in [5.41, 5.74) is 2.01. The molecule has 1 amide bonds. The average Bonchev–Trinajstić information content (AvgIpc) is 2.85. The predicted molar refractivity (Wildman–Crippen MR) is 140 cm³/mol. The number of anilines is 1. The van der Waals surface area contributed by atoms with Gasteiger partial charge in [0.15, 0.2) is 11.5 Å². The summed E-state index contributed by atoms with van der Waals surface area (Å²) >= 11 is 7.10. The lowest BCUT2D eigenvalue weighted by Crippen LogP contribution is -2.29. The Morgan fingerprint density at radius 1 is 1.33 bits per heavy atom. The lowest BCUT2D eigenvalue weighted by atomic mass is 9.82. The lowest BCUT2D eigenvalue weighted by molar-refractivity contribution is -0.138. The molecule has 3 N–H and O–H groups in total. The van der Waals surface area contributed by atoms with E-state index in [2.05, 4.69) is 23.3 Å². The summed E-state index contributed by atoms with van der Waals surface area (Å²) in [7, 11) is 1.41. The van der Waals surface area contributed by atoms with Crippen molar-refractivity contribution in [3.05, 3.63) is 87.6 Å². The van der Waals surface area contributed by atoms with Crippen molar-refractivity contribution in [1.29, 1.82) is 5.26 Å². The number of carbonyl (C=O) groups is 2. The summed E-state index contributed by atoms with van der Waals surface area (Å²) in [4.78, 5) is 25.5. The zero-order valence-corrected chi connectivity index (χ0v) is 21.2. The summed E-state index contributed by atoms with van der Waals surface area (Å²) in [5.74, 6) is -1.63. The Kier molecular flexibility index (Phi) is 9.06. The molecule has 0 fully saturated rings. The number of methoxy groups -OCH3 is 1. The van der Waals surface area contributed by atoms with E-state index < -0.39 is 11.9 Å². The number of amides is 1. The molecule has 0 saturated heterocycles. The fourth-order valence-electron chi connectivity index (χ4n) is 3.62. The molecule has 0 unspecified atom stereocenters. The molecule has 1 atom stereocenters. The number of hydrogen-bond donors (Lipinski definition) is 3. The normalized spacial score (nSPS) is 15.0. The van der Waals surface area contributed by atoms with Crippen LogP contribution < -0.4 is 15.4 Å². The number of nitrogens with one attached hydrogen (secondary N) is 2. The first-order valence-electron chi connectivity index (χ1n) is 10.7. The first-order valence-corrected chi connectivity index (χ1v) is 12.1. The molecule has 0 radical (unpaired) electrons. The minimum absolute atomic E-state index is 0.00187. The molecule has 3 rings (SSSR count). The molecule has 0 aliphatic carbocycles. The van der Waals surface area contributed by atoms with E-state index in [-0.39, 0.29) is 40.9 Å². The number of dihydropyridines is 1. The van der Waals surface area contributed by atoms with Crippen molar-refractivity contribution in [2.45, 2.75) is 12.8 Å². The van der Waals surface area contributed by atoms with E-state index >= 15 is 0 Å². The van der Waals surface area contributed by atoms with E-state index in [1.54, 1.807) is 43.3 Å². The minimum Gasteiger partial charge on any atom is -0.504 e. The summed E-state index contributed by atoms with van der Waals surface area (Å²) in [6, 6.07) is 13.5. The fraction of sp³-hybridized carbons (Fsp3) is 0.192. The average molecular weight is 526 g/mol. The van der Waals surface area contributed by atoms with Crippen LogP contribution in [0.5, 0.6) is 11.5 Å². The van der Waals surface area contributed by atoms with Crippen molar-refractivity contribution in [1.82, 2.24) is 5.32 Å². The molecule has 2 aromatic rings. The maximum absolute atomic E-state index is 13.0. The van der Waals surface area contributed by atoms with Gasteiger partial charge in [-0.25, -0.2) is 4.79 Å². The van der Waals surface area contributed by atoms with Crippen LogP contribution in [0.25, 0.3) is 0 Å². The van der Waals surface area contributed by atoms with Gasteiger partial charge in [-0.15, -0.1) is 0 Å². The standard InChI is InChI=1S/C26H24ClN3O5S/c1-4-10-35-26(33)23-15(2)29-25(36-14-22(32)30-18-7-5-6-17(27)12-18)19(13-28)24(23)16-8-9-20(31)21(11-16)34-3/h4-9,11-12,24,29,31H,1,10,14H2,2-3H3,(H,30,32)/t24-/m0/s1. The topological polar surface area (TPSA) is 121 Å². The predicted octanol–water partition coefficient (Wildman–Crippen LogP) is 4.85. The SMILES string of the molecule is C=CCOC(=O)C1=C(C)NC(SCC(=O)Nc2cccc(Cl)c2)=C(C#N)[C@@H]1c1ccc(O)c(OC)c1. The third-order valence-electron chi connectivity index (χ3n) is 5.19. The smallest absolute Gasteiger partial charge is 0.337 e. The second-order valence-corrected chi connectivity index (χ2v) is 9.04. The number of nitrogens with zero attached hydrogens (tertiary/aromatic N) is 1. The molecule has 0 bridgehead atoms. The monoisotopic (exact) mass is 525 g/mol. The number of phenols is 1. The number of ether oxygens (including phenoxy) is 2. The number of allylic oxidation sites excluding steroid dienone is 2. The molecule has 1 heterocycles. The van der Waals surface area contributed by atoms with Gasteiger partial charge in [-0.3, -0.25) is 4.79 Å². The van der Waals surface area contributed by atoms with Gasteiger partial charge in [0.2, 0.25) is 5.91 Å². The highest BCUT2D eigenvalue weighted by atomic mass is 35.5. The maximum Gasteiger partial charge on any atom is 0.337 e. The van der Waals surface area contributed by atoms with Crippen molar-refractivity contribution < 1.29 is 24.2 Å². The second-order valence-electron chi connectivity index (χ2n) is 7.62. The summed E-state index contributed by atoms with van der Waals surface area (Å²) < 4.78 is 10.5. The van der Waals surface area contributed by atoms with Gasteiger partial charge in [0, 0.05) is 16.4 Å². The van der Waals surface area contributed by atoms with Crippen molar-refractivity contribution in [3.63, 3.8) is 0 Å². The van der Waals surface area contributed by atoms with E-state index in [9.17, 15) is 20.0 Å². The highest BCUT2D eigenvalue weighted by Crippen LogP contribution is 2.43. The molecule has 36 heavy (non-hydrogen) atoms. The quantitative estimate of drug-likeness (QED) is 0.314. The van der Waals surface area contributed by atoms with Crippen LogP contribution in [0.1, 0.15) is 18.4 Å². The van der Waals surface area contributed by atoms with Crippen LogP contribution >= 0.6 is 23.4 Å². The van der Waals surface area contributed by atoms with E-state index in [0.29, 0.717) is 27.0 Å². The van der Waals surface area contributed by atoms with Crippen molar-refractivity contribution >= 4 is 40.9 Å². The van der Waals surface area contributed by atoms with Crippen LogP contribution in [0.2, 0.25) is 5.02 Å². The Hall–Kier alpha value is -3.87. The van der Waals surface area contributed by atoms with Gasteiger partial charge in [0.05, 0.1) is 41.0 Å². The van der Waals surface area contributed by atoms with Crippen molar-refractivity contribution in [2.75, 3.05) is 24.8 Å². The van der Waals surface area contributed by atoms with Crippen LogP contribution in [0, 0.1) is 11.3 Å². The van der Waals surface area contributed by atoms with Crippen LogP contribution in [0.3, 0.4) is 0 Å². The molecule has 0 spiro atoms. The number of esters is 1. The highest BCUT2D eigenvalue weighted by Gasteiger charge is 2.36. The summed E-state index contributed by atoms with van der Waals surface area (Å²) in [6.07, 6.45) is 1.45. The highest BCUT2D eigenvalue weighted by molar-refractivity contribution is 8.03. The van der Waals surface area contributed by atoms with Crippen molar-refractivity contribution in [3.8, 4) is 17.6 Å². The number of nitriles is 1. The van der Waals surface area contributed by atoms with Gasteiger partial charge in [-0.05, 0) is 42.8 Å². The molecule has 10 heteroatoms. The number of thioether (sulfide) groups is 1. The number of hydrogen-bond acceptors (Lipinski definition) is 8. The molecule has 186 valence electrons. The van der Waals surface area contributed by atoms with E-state index in [4.69, 9.17) is 21.1 Å². The van der Waals surface area contributed by atoms with Crippen LogP contribution in [0.4, 0.5) is 5.69 Å². The van der Waals surface area contributed by atoms with Crippen LogP contribution in [0.15, 0.2) is 77.0 Å². The van der Waals surface area contributed by atoms with Gasteiger partial charge < -0.3 is 25.2 Å². The molecule has 1 aliphatic rings. The number of carbonyl (C=O) groups excluding carboxylic acids is 2. The fourth-order valence-corrected chi connectivity index (χ4v) is 4.70. The van der Waals surface area contributed by atoms with Gasteiger partial charge in [-0.2, -0.15) is 5.26 Å². The Labute approximate surface area is 218 Å². The molecular weight excluding hydrogens is 502 g/mol. The Morgan fingerprint density at radius 3 is 2.78 bits per heavy atom. The molecule has 0 saturated carbocycles. The Morgan fingerprint density at radius 2 is 2.11 bits per heavy atom. The largest absolute Gasteiger partial charge is 0.504 e. The van der Waals surface area contributed by atoms with Crippen LogP contribution in [-0.4, -0.2) is 36.5 Å². The minimum atomic E-state index is -0.818. The lowest BCUT2D eigenvalue weighted by Gasteiger charge is -2.29. The third-order valence-corrected chi connectivity index (χ3v) is 6.45. The van der Waals surface area contributed by atoms with Crippen LogP contribution in [-0.2, 0) is 14.3 Å². The molecule has 0 aromatic heterocycles. The number of halogens is 1. The summed E-state index contributed by atoms with van der Waals surface area (Å²) in [6.45, 7) is 5.25. The second kappa shape index (κ2) is 12.2. The zero-order chi connectivity index (χ0) is 26.2. The van der Waals surface area contributed by atoms with Gasteiger partial charge in [-0.1, -0.05) is 48.2 Å². The summed E-state index contributed by atoms with van der Waals surface area (Å²) in [5, 5.41) is 26.9. The Bertz CT molecular complexity index is 1300. The van der Waals surface area contributed by atoms with Gasteiger partial charge >= 0.3 is 5.97 Å². The first-order chi connectivity index (χ1) is 17.3. The molecule has 2 aromatic carbocycles. The number of rotatable bonds is 9. The molecule has 8 nitrogen and oxygen atoms in total. The number of aromatic hydroxyl groups is 1. The number of phenolic OH excluding ortho intramolecular Hbond substituents is 1. The van der Waals surface area contributed by atoms with E-state index in [0.717, 1.165) is 11.8 Å². The first kappa shape index (κ1) is 26.7. The number of benzene rings is 2. The zero-order valence-electron chi connectivity index (χ0n) is 19.6. The van der Waals surface area contributed by atoms with E-state index in [1.807, 2.05) is 0 Å². The molecule has 1 aliphatic heterocycles. The third kappa shape index (κ3) is 6.22.